The highest BCUT2D eigenvalue weighted by molar-refractivity contribution is 7.93. The molecule has 0 atom stereocenters. The fourth-order valence-electron chi connectivity index (χ4n) is 3.94. The number of aryl methyl sites for hydroxylation is 1. The van der Waals surface area contributed by atoms with E-state index in [-0.39, 0.29) is 10.5 Å². The molecule has 0 saturated carbocycles. The van der Waals surface area contributed by atoms with Gasteiger partial charge in [-0.2, -0.15) is 0 Å². The zero-order valence-electron chi connectivity index (χ0n) is 16.3. The van der Waals surface area contributed by atoms with Crippen LogP contribution in [-0.2, 0) is 16.4 Å². The van der Waals surface area contributed by atoms with Crippen molar-refractivity contribution < 1.29 is 18.3 Å². The summed E-state index contributed by atoms with van der Waals surface area (Å²) in [4.78, 5) is 13.5. The van der Waals surface area contributed by atoms with Gasteiger partial charge in [0.15, 0.2) is 0 Å². The highest BCUT2D eigenvalue weighted by Crippen LogP contribution is 2.36. The second kappa shape index (κ2) is 7.08. The predicted octanol–water partition coefficient (Wildman–Crippen LogP) is 3.75. The second-order valence-electron chi connectivity index (χ2n) is 7.35. The molecule has 7 heteroatoms. The van der Waals surface area contributed by atoms with Crippen molar-refractivity contribution in [3.8, 4) is 0 Å². The number of sulfonamides is 1. The van der Waals surface area contributed by atoms with Crippen LogP contribution in [0.3, 0.4) is 0 Å². The Hall–Kier alpha value is -3.06. The topological polar surface area (TPSA) is 77.9 Å². The predicted molar refractivity (Wildman–Crippen MR) is 115 cm³/mol. The summed E-state index contributed by atoms with van der Waals surface area (Å²) in [7, 11) is 0.0447. The Morgan fingerprint density at radius 3 is 2.48 bits per heavy atom. The number of carboxylic acids is 1. The summed E-state index contributed by atoms with van der Waals surface area (Å²) in [6.45, 7) is 0.367. The van der Waals surface area contributed by atoms with Gasteiger partial charge in [0.25, 0.3) is 10.0 Å². The molecular formula is C22H22N2O4S. The number of anilines is 2. The minimum Gasteiger partial charge on any atom is -0.478 e. The molecule has 0 bridgehead atoms. The van der Waals surface area contributed by atoms with Crippen molar-refractivity contribution in [2.45, 2.75) is 17.7 Å². The number of benzene rings is 3. The van der Waals surface area contributed by atoms with Crippen LogP contribution >= 0.6 is 0 Å². The first-order chi connectivity index (χ1) is 13.8. The van der Waals surface area contributed by atoms with Crippen molar-refractivity contribution in [1.29, 1.82) is 0 Å². The third kappa shape index (κ3) is 3.21. The fourth-order valence-corrected chi connectivity index (χ4v) is 5.69. The van der Waals surface area contributed by atoms with E-state index in [2.05, 4.69) is 0 Å². The molecule has 0 aromatic heterocycles. The molecule has 0 saturated heterocycles. The van der Waals surface area contributed by atoms with Crippen LogP contribution < -0.4 is 9.21 Å². The fraction of sp³-hybridized carbons (Fsp3) is 0.227. The van der Waals surface area contributed by atoms with Crippen LogP contribution in [0, 0.1) is 0 Å². The van der Waals surface area contributed by atoms with Crippen molar-refractivity contribution in [1.82, 2.24) is 0 Å². The van der Waals surface area contributed by atoms with Crippen LogP contribution in [0.5, 0.6) is 0 Å². The number of fused-ring (bicyclic) bond motifs is 2. The van der Waals surface area contributed by atoms with Gasteiger partial charge in [-0.3, -0.25) is 4.31 Å². The molecule has 1 N–H and O–H groups in total. The van der Waals surface area contributed by atoms with Crippen molar-refractivity contribution in [3.05, 3.63) is 65.7 Å². The molecule has 0 amide bonds. The summed E-state index contributed by atoms with van der Waals surface area (Å²) in [5.74, 6) is -1.02. The molecule has 3 aromatic rings. The average Bonchev–Trinajstić information content (AvgIpc) is 2.71. The van der Waals surface area contributed by atoms with Crippen molar-refractivity contribution in [2.24, 2.45) is 0 Å². The van der Waals surface area contributed by atoms with Gasteiger partial charge in [-0.15, -0.1) is 0 Å². The van der Waals surface area contributed by atoms with Gasteiger partial charge in [0, 0.05) is 37.1 Å². The molecule has 1 aliphatic rings. The lowest BCUT2D eigenvalue weighted by molar-refractivity contribution is 0.0696. The Bertz CT molecular complexity index is 1220. The molecule has 4 rings (SSSR count). The molecule has 29 heavy (non-hydrogen) atoms. The van der Waals surface area contributed by atoms with Crippen molar-refractivity contribution in [2.75, 3.05) is 29.8 Å². The van der Waals surface area contributed by atoms with E-state index in [9.17, 15) is 18.3 Å². The number of carboxylic acid groups (broad SMARTS) is 1. The summed E-state index contributed by atoms with van der Waals surface area (Å²) in [5.41, 5.74) is 2.42. The quantitative estimate of drug-likeness (QED) is 0.709. The molecule has 0 spiro atoms. The maximum Gasteiger partial charge on any atom is 0.335 e. The summed E-state index contributed by atoms with van der Waals surface area (Å²) in [6, 6.07) is 15.6. The third-order valence-electron chi connectivity index (χ3n) is 5.31. The van der Waals surface area contributed by atoms with Gasteiger partial charge in [0.2, 0.25) is 0 Å². The number of rotatable bonds is 4. The van der Waals surface area contributed by atoms with Gasteiger partial charge in [0.1, 0.15) is 0 Å². The van der Waals surface area contributed by atoms with Crippen molar-refractivity contribution >= 4 is 38.1 Å². The minimum atomic E-state index is -3.81. The first kappa shape index (κ1) is 19.3. The molecular weight excluding hydrogens is 388 g/mol. The maximum absolute atomic E-state index is 13.7. The van der Waals surface area contributed by atoms with E-state index in [4.69, 9.17) is 0 Å². The molecule has 0 unspecified atom stereocenters. The average molecular weight is 410 g/mol. The first-order valence-electron chi connectivity index (χ1n) is 9.39. The standard InChI is InChI=1S/C22H22N2O4S/c1-23(2)20-9-3-8-18-17(20)7-4-10-21(18)29(27,28)24-13-5-6-15-14-16(22(25)26)11-12-19(15)24/h3-4,7-12,14H,5-6,13H2,1-2H3,(H,25,26). The number of aromatic carboxylic acids is 1. The Morgan fingerprint density at radius 2 is 1.76 bits per heavy atom. The molecule has 3 aromatic carbocycles. The summed E-state index contributed by atoms with van der Waals surface area (Å²) < 4.78 is 28.7. The number of hydrogen-bond acceptors (Lipinski definition) is 4. The Balaban J connectivity index is 1.88. The van der Waals surface area contributed by atoms with E-state index >= 15 is 0 Å². The van der Waals surface area contributed by atoms with E-state index in [1.165, 1.54) is 10.4 Å². The lowest BCUT2D eigenvalue weighted by atomic mass is 10.0. The van der Waals surface area contributed by atoms with E-state index in [0.29, 0.717) is 30.5 Å². The lowest BCUT2D eigenvalue weighted by Gasteiger charge is -2.31. The second-order valence-corrected chi connectivity index (χ2v) is 9.18. The SMILES string of the molecule is CN(C)c1cccc2c(S(=O)(=O)N3CCCc4cc(C(=O)O)ccc43)cccc12. The van der Waals surface area contributed by atoms with E-state index in [1.54, 1.807) is 24.3 Å². The van der Waals surface area contributed by atoms with Crippen LogP contribution in [0.25, 0.3) is 10.8 Å². The van der Waals surface area contributed by atoms with Crippen molar-refractivity contribution in [3.63, 3.8) is 0 Å². The van der Waals surface area contributed by atoms with Crippen LogP contribution in [0.15, 0.2) is 59.5 Å². The minimum absolute atomic E-state index is 0.170. The van der Waals surface area contributed by atoms with Crippen LogP contribution in [-0.4, -0.2) is 40.1 Å². The third-order valence-corrected chi connectivity index (χ3v) is 7.18. The molecule has 0 fully saturated rings. The first-order valence-corrected chi connectivity index (χ1v) is 10.8. The summed E-state index contributed by atoms with van der Waals surface area (Å²) in [5, 5.41) is 10.8. The van der Waals surface area contributed by atoms with Crippen LogP contribution in [0.4, 0.5) is 11.4 Å². The van der Waals surface area contributed by atoms with Crippen LogP contribution in [0.2, 0.25) is 0 Å². The van der Waals surface area contributed by atoms with Crippen LogP contribution in [0.1, 0.15) is 22.3 Å². The number of hydrogen-bond donors (Lipinski definition) is 1. The number of nitrogens with zero attached hydrogens (tertiary/aromatic N) is 2. The van der Waals surface area contributed by atoms with E-state index in [0.717, 1.165) is 16.6 Å². The largest absolute Gasteiger partial charge is 0.478 e. The summed E-state index contributed by atoms with van der Waals surface area (Å²) in [6.07, 6.45) is 1.30. The zero-order valence-corrected chi connectivity index (χ0v) is 17.1. The molecule has 0 aliphatic carbocycles. The summed E-state index contributed by atoms with van der Waals surface area (Å²) >= 11 is 0. The van der Waals surface area contributed by atoms with Gasteiger partial charge in [-0.25, -0.2) is 13.2 Å². The van der Waals surface area contributed by atoms with Gasteiger partial charge in [0.05, 0.1) is 16.1 Å². The molecule has 1 aliphatic heterocycles. The number of carbonyl (C=O) groups is 1. The zero-order chi connectivity index (χ0) is 20.8. The Morgan fingerprint density at radius 1 is 1.03 bits per heavy atom. The molecule has 1 heterocycles. The maximum atomic E-state index is 13.7. The smallest absolute Gasteiger partial charge is 0.335 e. The van der Waals surface area contributed by atoms with Gasteiger partial charge in [-0.1, -0.05) is 24.3 Å². The Labute approximate surface area is 170 Å². The van der Waals surface area contributed by atoms with Gasteiger partial charge in [-0.05, 0) is 48.7 Å². The molecule has 150 valence electrons. The molecule has 6 nitrogen and oxygen atoms in total. The van der Waals surface area contributed by atoms with Gasteiger partial charge < -0.3 is 10.0 Å². The highest BCUT2D eigenvalue weighted by atomic mass is 32.2. The normalized spacial score (nSPS) is 13.9. The molecule has 0 radical (unpaired) electrons. The van der Waals surface area contributed by atoms with E-state index < -0.39 is 16.0 Å². The highest BCUT2D eigenvalue weighted by Gasteiger charge is 2.31. The lowest BCUT2D eigenvalue weighted by Crippen LogP contribution is -2.35. The van der Waals surface area contributed by atoms with E-state index in [1.807, 2.05) is 43.3 Å². The van der Waals surface area contributed by atoms with Gasteiger partial charge >= 0.3 is 5.97 Å². The Kier molecular flexibility index (Phi) is 4.70. The monoisotopic (exact) mass is 410 g/mol.